The first-order valence-electron chi connectivity index (χ1n) is 9.26. The van der Waals surface area contributed by atoms with Crippen molar-refractivity contribution in [1.82, 2.24) is 9.80 Å². The van der Waals surface area contributed by atoms with Gasteiger partial charge in [-0.2, -0.15) is 0 Å². The third-order valence-corrected chi connectivity index (χ3v) is 7.49. The number of piperidine rings is 1. The molecule has 3 heteroatoms. The van der Waals surface area contributed by atoms with E-state index in [1.165, 1.54) is 89.3 Å². The zero-order valence-electron chi connectivity index (χ0n) is 13.8. The van der Waals surface area contributed by atoms with E-state index in [0.29, 0.717) is 5.41 Å². The number of halogens is 1. The van der Waals surface area contributed by atoms with Gasteiger partial charge in [-0.3, -0.25) is 9.80 Å². The highest BCUT2D eigenvalue weighted by atomic mass is 79.9. The Hall–Kier alpha value is 0.400. The van der Waals surface area contributed by atoms with E-state index in [4.69, 9.17) is 0 Å². The molecule has 2 nitrogen and oxygen atoms in total. The average Bonchev–Trinajstić information content (AvgIpc) is 2.74. The van der Waals surface area contributed by atoms with Crippen LogP contribution in [0.15, 0.2) is 0 Å². The topological polar surface area (TPSA) is 6.48 Å². The van der Waals surface area contributed by atoms with Crippen molar-refractivity contribution in [3.8, 4) is 0 Å². The second kappa shape index (κ2) is 7.31. The minimum absolute atomic E-state index is 0.557. The van der Waals surface area contributed by atoms with Gasteiger partial charge in [0, 0.05) is 37.0 Å². The third kappa shape index (κ3) is 3.84. The molecule has 3 fully saturated rings. The van der Waals surface area contributed by atoms with Crippen LogP contribution in [0, 0.1) is 5.41 Å². The van der Waals surface area contributed by atoms with Crippen LogP contribution >= 0.6 is 15.9 Å². The molecule has 2 heterocycles. The highest BCUT2D eigenvalue weighted by molar-refractivity contribution is 9.09. The van der Waals surface area contributed by atoms with Crippen molar-refractivity contribution in [2.75, 3.05) is 31.5 Å². The second-order valence-electron chi connectivity index (χ2n) is 7.97. The molecule has 0 aromatic heterocycles. The summed E-state index contributed by atoms with van der Waals surface area (Å²) in [5, 5.41) is 1.21. The quantitative estimate of drug-likeness (QED) is 0.549. The highest BCUT2D eigenvalue weighted by Gasteiger charge is 2.38. The highest BCUT2D eigenvalue weighted by Crippen LogP contribution is 2.38. The zero-order chi connectivity index (χ0) is 14.7. The maximum Gasteiger partial charge on any atom is 0.0223 e. The van der Waals surface area contributed by atoms with Gasteiger partial charge in [-0.05, 0) is 44.6 Å². The third-order valence-electron chi connectivity index (χ3n) is 6.30. The first-order valence-corrected chi connectivity index (χ1v) is 10.4. The molecule has 2 atom stereocenters. The SMILES string of the molecule is CC1CN2CCCCC2CN1CC1(CBr)CCCCCC1. The van der Waals surface area contributed by atoms with Crippen LogP contribution in [-0.2, 0) is 0 Å². The Morgan fingerprint density at radius 3 is 2.48 bits per heavy atom. The van der Waals surface area contributed by atoms with E-state index in [0.717, 1.165) is 12.1 Å². The first-order chi connectivity index (χ1) is 10.2. The van der Waals surface area contributed by atoms with Gasteiger partial charge in [0.15, 0.2) is 0 Å². The van der Waals surface area contributed by atoms with Gasteiger partial charge in [0.25, 0.3) is 0 Å². The van der Waals surface area contributed by atoms with E-state index in [-0.39, 0.29) is 0 Å². The van der Waals surface area contributed by atoms with Crippen molar-refractivity contribution in [1.29, 1.82) is 0 Å². The Kier molecular flexibility index (Phi) is 5.66. The Morgan fingerprint density at radius 2 is 1.76 bits per heavy atom. The number of alkyl halides is 1. The number of nitrogens with zero attached hydrogens (tertiary/aromatic N) is 2. The van der Waals surface area contributed by atoms with E-state index in [2.05, 4.69) is 32.7 Å². The van der Waals surface area contributed by atoms with Crippen molar-refractivity contribution < 1.29 is 0 Å². The van der Waals surface area contributed by atoms with E-state index < -0.39 is 0 Å². The van der Waals surface area contributed by atoms with Gasteiger partial charge < -0.3 is 0 Å². The number of hydrogen-bond acceptors (Lipinski definition) is 2. The first kappa shape index (κ1) is 16.3. The molecule has 0 bridgehead atoms. The number of rotatable bonds is 3. The fourth-order valence-corrected chi connectivity index (χ4v) is 5.61. The fourth-order valence-electron chi connectivity index (χ4n) is 4.88. The summed E-state index contributed by atoms with van der Waals surface area (Å²) >= 11 is 3.88. The van der Waals surface area contributed by atoms with E-state index >= 15 is 0 Å². The lowest BCUT2D eigenvalue weighted by molar-refractivity contribution is -0.00599. The van der Waals surface area contributed by atoms with Crippen molar-refractivity contribution in [2.24, 2.45) is 5.41 Å². The van der Waals surface area contributed by atoms with Gasteiger partial charge in [-0.1, -0.05) is 48.0 Å². The molecule has 2 aliphatic heterocycles. The maximum atomic E-state index is 3.88. The number of hydrogen-bond donors (Lipinski definition) is 0. The lowest BCUT2D eigenvalue weighted by atomic mass is 9.81. The Morgan fingerprint density at radius 1 is 1.00 bits per heavy atom. The van der Waals surface area contributed by atoms with E-state index in [1.54, 1.807) is 0 Å². The predicted octanol–water partition coefficient (Wildman–Crippen LogP) is 4.28. The van der Waals surface area contributed by atoms with Crippen LogP contribution in [0.5, 0.6) is 0 Å². The van der Waals surface area contributed by atoms with Gasteiger partial charge in [0.1, 0.15) is 0 Å². The van der Waals surface area contributed by atoms with Crippen LogP contribution in [0.1, 0.15) is 64.7 Å². The summed E-state index contributed by atoms with van der Waals surface area (Å²) in [5.74, 6) is 0. The molecule has 0 amide bonds. The standard InChI is InChI=1S/C18H33BrN2/c1-16-12-20-11-7-4-8-17(20)13-21(16)15-18(14-19)9-5-2-3-6-10-18/h16-17H,2-15H2,1H3. The van der Waals surface area contributed by atoms with Crippen LogP contribution in [-0.4, -0.2) is 53.4 Å². The molecule has 0 aromatic rings. The molecule has 0 radical (unpaired) electrons. The minimum atomic E-state index is 0.557. The summed E-state index contributed by atoms with van der Waals surface area (Å²) in [7, 11) is 0. The Balaban J connectivity index is 1.64. The molecule has 122 valence electrons. The van der Waals surface area contributed by atoms with Gasteiger partial charge in [0.05, 0.1) is 0 Å². The summed E-state index contributed by atoms with van der Waals surface area (Å²) < 4.78 is 0. The van der Waals surface area contributed by atoms with Crippen molar-refractivity contribution >= 4 is 15.9 Å². The molecule has 21 heavy (non-hydrogen) atoms. The van der Waals surface area contributed by atoms with Crippen LogP contribution in [0.25, 0.3) is 0 Å². The summed E-state index contributed by atoms with van der Waals surface area (Å²) in [6, 6.07) is 1.60. The molecule has 0 N–H and O–H groups in total. The number of piperazine rings is 1. The Labute approximate surface area is 139 Å². The summed E-state index contributed by atoms with van der Waals surface area (Å²) in [4.78, 5) is 5.62. The van der Waals surface area contributed by atoms with Crippen LogP contribution in [0.4, 0.5) is 0 Å². The normalized spacial score (nSPS) is 35.1. The molecule has 3 aliphatic rings. The summed E-state index contributed by atoms with van der Waals surface area (Å²) in [5.41, 5.74) is 0.557. The molecule has 2 unspecified atom stereocenters. The predicted molar refractivity (Wildman–Crippen MR) is 94.2 cm³/mol. The van der Waals surface area contributed by atoms with Crippen LogP contribution in [0.2, 0.25) is 0 Å². The molecular formula is C18H33BrN2. The smallest absolute Gasteiger partial charge is 0.0223 e. The second-order valence-corrected chi connectivity index (χ2v) is 8.53. The van der Waals surface area contributed by atoms with Crippen LogP contribution < -0.4 is 0 Å². The lowest BCUT2D eigenvalue weighted by Gasteiger charge is -2.50. The molecular weight excluding hydrogens is 324 g/mol. The molecule has 0 aromatic carbocycles. The maximum absolute atomic E-state index is 3.88. The zero-order valence-corrected chi connectivity index (χ0v) is 15.4. The van der Waals surface area contributed by atoms with Crippen LogP contribution in [0.3, 0.4) is 0 Å². The van der Waals surface area contributed by atoms with E-state index in [9.17, 15) is 0 Å². The largest absolute Gasteiger partial charge is 0.298 e. The monoisotopic (exact) mass is 356 g/mol. The van der Waals surface area contributed by atoms with Crippen molar-refractivity contribution in [3.05, 3.63) is 0 Å². The van der Waals surface area contributed by atoms with Gasteiger partial charge in [0.2, 0.25) is 0 Å². The fraction of sp³-hybridized carbons (Fsp3) is 1.00. The van der Waals surface area contributed by atoms with Crippen molar-refractivity contribution in [3.63, 3.8) is 0 Å². The molecule has 2 saturated heterocycles. The van der Waals surface area contributed by atoms with Gasteiger partial charge in [-0.25, -0.2) is 0 Å². The number of fused-ring (bicyclic) bond motifs is 1. The van der Waals surface area contributed by atoms with Gasteiger partial charge >= 0.3 is 0 Å². The molecule has 0 spiro atoms. The average molecular weight is 357 g/mol. The minimum Gasteiger partial charge on any atom is -0.298 e. The summed E-state index contributed by atoms with van der Waals surface area (Å²) in [6.45, 7) is 7.79. The summed E-state index contributed by atoms with van der Waals surface area (Å²) in [6.07, 6.45) is 13.0. The van der Waals surface area contributed by atoms with Gasteiger partial charge in [-0.15, -0.1) is 0 Å². The molecule has 1 saturated carbocycles. The van der Waals surface area contributed by atoms with Crippen molar-refractivity contribution in [2.45, 2.75) is 76.8 Å². The molecule has 3 rings (SSSR count). The lowest BCUT2D eigenvalue weighted by Crippen LogP contribution is -2.60. The van der Waals surface area contributed by atoms with E-state index in [1.807, 2.05) is 0 Å². The Bertz CT molecular complexity index is 325. The molecule has 1 aliphatic carbocycles.